The highest BCUT2D eigenvalue weighted by Gasteiger charge is 2.51. The van der Waals surface area contributed by atoms with Gasteiger partial charge >= 0.3 is 5.97 Å². The van der Waals surface area contributed by atoms with Gasteiger partial charge in [0.05, 0.1) is 18.2 Å². The number of aryl methyl sites for hydroxylation is 1. The molecule has 2 amide bonds. The van der Waals surface area contributed by atoms with Gasteiger partial charge in [-0.25, -0.2) is 0 Å². The maximum Gasteiger partial charge on any atom is 0.308 e. The van der Waals surface area contributed by atoms with Crippen molar-refractivity contribution in [2.45, 2.75) is 38.8 Å². The van der Waals surface area contributed by atoms with Crippen molar-refractivity contribution in [2.24, 2.45) is 0 Å². The molecule has 1 aromatic heterocycles. The highest BCUT2D eigenvalue weighted by Crippen LogP contribution is 2.52. The Kier molecular flexibility index (Phi) is 6.66. The quantitative estimate of drug-likeness (QED) is 0.0908. The molecule has 1 atom stereocenters. The summed E-state index contributed by atoms with van der Waals surface area (Å²) in [6.45, 7) is 10.8. The number of aromatic amines is 1. The van der Waals surface area contributed by atoms with E-state index in [9.17, 15) is 24.3 Å². The van der Waals surface area contributed by atoms with Crippen molar-refractivity contribution in [1.82, 2.24) is 15.6 Å². The molecule has 4 N–H and O–H groups in total. The van der Waals surface area contributed by atoms with E-state index >= 15 is 0 Å². The zero-order valence-electron chi connectivity index (χ0n) is 26.8. The van der Waals surface area contributed by atoms with E-state index in [0.717, 1.165) is 16.6 Å². The monoisotopic (exact) mass is 645 g/mol. The number of phenols is 1. The number of ether oxygens (including phenoxy) is 3. The fraction of sp³-hybridized carbons (Fsp3) is 0.189. The zero-order valence-corrected chi connectivity index (χ0v) is 26.8. The van der Waals surface area contributed by atoms with Crippen molar-refractivity contribution in [3.05, 3.63) is 106 Å². The van der Waals surface area contributed by atoms with E-state index in [1.165, 1.54) is 38.3 Å². The fourth-order valence-corrected chi connectivity index (χ4v) is 6.53. The molecule has 1 saturated heterocycles. The number of H-pyrrole nitrogens is 1. The highest BCUT2D eigenvalue weighted by atomic mass is 16.5. The summed E-state index contributed by atoms with van der Waals surface area (Å²) in [5.74, 6) is -2.48. The molecule has 4 aromatic rings. The number of esters is 1. The lowest BCUT2D eigenvalue weighted by Crippen LogP contribution is -2.67. The van der Waals surface area contributed by atoms with Crippen LogP contribution in [0.1, 0.15) is 64.6 Å². The minimum Gasteiger partial charge on any atom is -0.507 e. The van der Waals surface area contributed by atoms with Crippen molar-refractivity contribution >= 4 is 46.1 Å². The second-order valence-electron chi connectivity index (χ2n) is 12.5. The van der Waals surface area contributed by atoms with E-state index in [1.807, 2.05) is 38.1 Å². The average Bonchev–Trinajstić information content (AvgIpc) is 3.41. The van der Waals surface area contributed by atoms with Crippen molar-refractivity contribution in [1.29, 1.82) is 0 Å². The molecule has 1 spiro atoms. The number of nitrogens with one attached hydrogen (secondary N) is 3. The second-order valence-corrected chi connectivity index (χ2v) is 12.5. The number of methoxy groups -OCH3 is 1. The van der Waals surface area contributed by atoms with Gasteiger partial charge in [0.1, 0.15) is 28.7 Å². The summed E-state index contributed by atoms with van der Waals surface area (Å²) in [5.41, 5.74) is 1.04. The lowest BCUT2D eigenvalue weighted by atomic mass is 9.76. The van der Waals surface area contributed by atoms with E-state index in [2.05, 4.69) is 22.2 Å². The number of benzene rings is 3. The van der Waals surface area contributed by atoms with Gasteiger partial charge in [-0.1, -0.05) is 38.1 Å². The smallest absolute Gasteiger partial charge is 0.308 e. The van der Waals surface area contributed by atoms with Gasteiger partial charge in [-0.05, 0) is 48.4 Å². The van der Waals surface area contributed by atoms with Crippen LogP contribution >= 0.6 is 0 Å². The van der Waals surface area contributed by atoms with Crippen LogP contribution < -0.4 is 24.8 Å². The first-order chi connectivity index (χ1) is 22.8. The number of amides is 2. The number of para-hydroxylation sites is 1. The third kappa shape index (κ3) is 4.42. The number of allylic oxidation sites excluding steroid dienone is 1. The normalized spacial score (nSPS) is 18.8. The maximum atomic E-state index is 14.2. The molecule has 3 aromatic carbocycles. The number of hydrogen-bond donors (Lipinski definition) is 4. The standard InChI is InChI=1S/C37H31N3O8/c1-7-36(4,5)33-22(20-10-8-9-11-24(20)38-33)15-25-34(44)40-37(35(45)39-25)16-23-21-13-19(47-18(3)41)14-27(46-6)28(21)31(43)30-26(42)12-17(2)32(48-37)29(23)30/h7-16,38,42H,1H2,2-6H3,(H,39,45)(H,40,44)/b25-15-. The van der Waals surface area contributed by atoms with Crippen LogP contribution in [-0.2, 0) is 19.8 Å². The number of hydrogen-bond acceptors (Lipinski definition) is 8. The third-order valence-corrected chi connectivity index (χ3v) is 8.94. The molecular weight excluding hydrogens is 614 g/mol. The molecule has 0 bridgehead atoms. The molecule has 0 saturated carbocycles. The van der Waals surface area contributed by atoms with Crippen LogP contribution in [0, 0.1) is 6.92 Å². The van der Waals surface area contributed by atoms with Gasteiger partial charge in [0.15, 0.2) is 0 Å². The SMILES string of the molecule is C=CC(C)(C)c1[nH]c2ccccc2c1/C=C1\NC(=O)C2(C=C3c4cc(OC(C)=O)cc(OC)c4C(=O)c4c(O)cc(C)c(c43)O2)NC1=O. The van der Waals surface area contributed by atoms with Gasteiger partial charge in [-0.2, -0.15) is 0 Å². The fourth-order valence-electron chi connectivity index (χ4n) is 6.53. The van der Waals surface area contributed by atoms with Crippen LogP contribution in [0.25, 0.3) is 22.6 Å². The first-order valence-corrected chi connectivity index (χ1v) is 15.1. The predicted molar refractivity (Wildman–Crippen MR) is 177 cm³/mol. The number of piperazine rings is 1. The molecule has 11 nitrogen and oxygen atoms in total. The van der Waals surface area contributed by atoms with Crippen LogP contribution in [-0.4, -0.2) is 46.5 Å². The number of phenolic OH excluding ortho intramolecular Hbond substituents is 1. The molecule has 242 valence electrons. The molecule has 1 fully saturated rings. The molecule has 1 aliphatic carbocycles. The van der Waals surface area contributed by atoms with Gasteiger partial charge in [0, 0.05) is 51.7 Å². The summed E-state index contributed by atoms with van der Waals surface area (Å²) < 4.78 is 17.2. The molecule has 48 heavy (non-hydrogen) atoms. The lowest BCUT2D eigenvalue weighted by molar-refractivity contribution is -0.144. The van der Waals surface area contributed by atoms with Crippen molar-refractivity contribution < 1.29 is 38.5 Å². The van der Waals surface area contributed by atoms with Gasteiger partial charge < -0.3 is 34.9 Å². The number of fused-ring (bicyclic) bond motifs is 3. The van der Waals surface area contributed by atoms with E-state index in [4.69, 9.17) is 14.2 Å². The van der Waals surface area contributed by atoms with Crippen LogP contribution in [0.15, 0.2) is 66.9 Å². The van der Waals surface area contributed by atoms with E-state index in [-0.39, 0.29) is 50.9 Å². The predicted octanol–water partition coefficient (Wildman–Crippen LogP) is 4.93. The topological polar surface area (TPSA) is 156 Å². The van der Waals surface area contributed by atoms with E-state index in [0.29, 0.717) is 16.7 Å². The zero-order chi connectivity index (χ0) is 34.3. The number of carbonyl (C=O) groups excluding carboxylic acids is 4. The Morgan fingerprint density at radius 1 is 1.08 bits per heavy atom. The summed E-state index contributed by atoms with van der Waals surface area (Å²) in [5, 5.41) is 17.3. The van der Waals surface area contributed by atoms with Gasteiger partial charge in [0.2, 0.25) is 5.78 Å². The third-order valence-electron chi connectivity index (χ3n) is 8.94. The first-order valence-electron chi connectivity index (χ1n) is 15.1. The number of carbonyl (C=O) groups is 4. The summed E-state index contributed by atoms with van der Waals surface area (Å²) >= 11 is 0. The van der Waals surface area contributed by atoms with Crippen molar-refractivity contribution in [3.63, 3.8) is 0 Å². The highest BCUT2D eigenvalue weighted by molar-refractivity contribution is 6.23. The van der Waals surface area contributed by atoms with Crippen LogP contribution in [0.3, 0.4) is 0 Å². The van der Waals surface area contributed by atoms with Crippen molar-refractivity contribution in [2.75, 3.05) is 7.11 Å². The lowest BCUT2D eigenvalue weighted by Gasteiger charge is -2.41. The summed E-state index contributed by atoms with van der Waals surface area (Å²) in [4.78, 5) is 57.2. The van der Waals surface area contributed by atoms with Gasteiger partial charge in [0.25, 0.3) is 17.5 Å². The Labute approximate surface area is 274 Å². The summed E-state index contributed by atoms with van der Waals surface area (Å²) in [6, 6.07) is 11.9. The Morgan fingerprint density at radius 3 is 2.54 bits per heavy atom. The average molecular weight is 646 g/mol. The Hall–Kier alpha value is -6.10. The molecule has 3 heterocycles. The Balaban J connectivity index is 1.40. The minimum atomic E-state index is -2.05. The Morgan fingerprint density at radius 2 is 1.83 bits per heavy atom. The second kappa shape index (κ2) is 10.5. The number of aromatic nitrogens is 1. The minimum absolute atomic E-state index is 0.00885. The molecule has 11 heteroatoms. The first kappa shape index (κ1) is 30.5. The van der Waals surface area contributed by atoms with E-state index in [1.54, 1.807) is 19.1 Å². The van der Waals surface area contributed by atoms with Crippen LogP contribution in [0.5, 0.6) is 23.0 Å². The molecule has 0 radical (unpaired) electrons. The summed E-state index contributed by atoms with van der Waals surface area (Å²) in [6.07, 6.45) is 4.81. The van der Waals surface area contributed by atoms with Gasteiger partial charge in [-0.15, -0.1) is 6.58 Å². The molecular formula is C37H31N3O8. The molecule has 3 aliphatic rings. The largest absolute Gasteiger partial charge is 0.507 e. The number of ketones is 1. The number of rotatable bonds is 5. The van der Waals surface area contributed by atoms with Crippen LogP contribution in [0.2, 0.25) is 0 Å². The summed E-state index contributed by atoms with van der Waals surface area (Å²) in [7, 11) is 1.36. The van der Waals surface area contributed by atoms with Gasteiger partial charge in [-0.3, -0.25) is 19.2 Å². The molecule has 1 unspecified atom stereocenters. The number of aromatic hydroxyl groups is 1. The Bertz CT molecular complexity index is 2240. The molecule has 2 aliphatic heterocycles. The van der Waals surface area contributed by atoms with Crippen molar-refractivity contribution in [3.8, 4) is 23.0 Å². The van der Waals surface area contributed by atoms with Crippen LogP contribution in [0.4, 0.5) is 0 Å². The maximum absolute atomic E-state index is 14.2. The molecule has 7 rings (SSSR count). The van der Waals surface area contributed by atoms with E-state index < -0.39 is 34.7 Å².